The summed E-state index contributed by atoms with van der Waals surface area (Å²) in [5, 5.41) is 8.80. The number of likely N-dealkylation sites (N-methyl/N-ethyl adjacent to an activating group) is 1. The van der Waals surface area contributed by atoms with Gasteiger partial charge in [-0.05, 0) is 55.7 Å². The van der Waals surface area contributed by atoms with Crippen molar-refractivity contribution in [1.82, 2.24) is 4.90 Å². The van der Waals surface area contributed by atoms with Gasteiger partial charge in [-0.15, -0.1) is 0 Å². The zero-order valence-corrected chi connectivity index (χ0v) is 16.7. The highest BCUT2D eigenvalue weighted by molar-refractivity contribution is 6.04. The van der Waals surface area contributed by atoms with Gasteiger partial charge in [0.1, 0.15) is 11.8 Å². The fraction of sp³-hybridized carbons (Fsp3) is 0.318. The van der Waals surface area contributed by atoms with Gasteiger partial charge in [-0.2, -0.15) is 0 Å². The Hall–Kier alpha value is -3.35. The Morgan fingerprint density at radius 1 is 1.17 bits per heavy atom. The molecule has 1 aliphatic rings. The van der Waals surface area contributed by atoms with E-state index in [0.29, 0.717) is 35.4 Å². The van der Waals surface area contributed by atoms with Crippen LogP contribution < -0.4 is 9.64 Å². The van der Waals surface area contributed by atoms with Gasteiger partial charge in [0.15, 0.2) is 6.61 Å². The van der Waals surface area contributed by atoms with E-state index in [9.17, 15) is 14.4 Å². The van der Waals surface area contributed by atoms with Crippen molar-refractivity contribution in [2.24, 2.45) is 0 Å². The minimum Gasteiger partial charge on any atom is -0.481 e. The Balaban J connectivity index is 1.76. The highest BCUT2D eigenvalue weighted by Crippen LogP contribution is 2.28. The van der Waals surface area contributed by atoms with E-state index in [4.69, 9.17) is 9.84 Å². The van der Waals surface area contributed by atoms with Crippen LogP contribution in [0.4, 0.5) is 5.69 Å². The summed E-state index contributed by atoms with van der Waals surface area (Å²) in [6.45, 7) is 3.64. The molecule has 7 nitrogen and oxygen atoms in total. The molecule has 0 bridgehead atoms. The molecule has 1 aliphatic heterocycles. The number of nitrogens with zero attached hydrogens (tertiary/aromatic N) is 2. The second kappa shape index (κ2) is 8.34. The van der Waals surface area contributed by atoms with Gasteiger partial charge in [-0.1, -0.05) is 18.2 Å². The zero-order chi connectivity index (χ0) is 21.1. The standard InChI is InChI=1S/C22H24N2O5/c1-14-11-16(12-15(2)20(14)29-13-19(25)26)21(27)23(3)18-9-10-24(22(18)28)17-7-5-4-6-8-17/h4-8,11-12,18H,9-10,13H2,1-3H3,(H,25,26). The molecule has 0 radical (unpaired) electrons. The molecule has 0 saturated carbocycles. The van der Waals surface area contributed by atoms with Crippen molar-refractivity contribution >= 4 is 23.5 Å². The number of benzene rings is 2. The lowest BCUT2D eigenvalue weighted by Crippen LogP contribution is -2.43. The van der Waals surface area contributed by atoms with Crippen LogP contribution in [0.3, 0.4) is 0 Å². The first-order valence-electron chi connectivity index (χ1n) is 9.39. The Morgan fingerprint density at radius 2 is 1.79 bits per heavy atom. The number of carboxylic acid groups (broad SMARTS) is 1. The van der Waals surface area contributed by atoms with Gasteiger partial charge in [0.2, 0.25) is 5.91 Å². The molecule has 1 N–H and O–H groups in total. The van der Waals surface area contributed by atoms with Gasteiger partial charge in [-0.25, -0.2) is 4.79 Å². The number of para-hydroxylation sites is 1. The maximum atomic E-state index is 13.0. The Morgan fingerprint density at radius 3 is 2.38 bits per heavy atom. The lowest BCUT2D eigenvalue weighted by molar-refractivity contribution is -0.139. The number of carboxylic acids is 1. The minimum absolute atomic E-state index is 0.0955. The summed E-state index contributed by atoms with van der Waals surface area (Å²) in [4.78, 5) is 39.8. The van der Waals surface area contributed by atoms with E-state index >= 15 is 0 Å². The summed E-state index contributed by atoms with van der Waals surface area (Å²) < 4.78 is 5.32. The molecule has 2 aromatic carbocycles. The lowest BCUT2D eigenvalue weighted by Gasteiger charge is -2.25. The number of anilines is 1. The third kappa shape index (κ3) is 4.23. The van der Waals surface area contributed by atoms with Crippen LogP contribution in [0, 0.1) is 13.8 Å². The zero-order valence-electron chi connectivity index (χ0n) is 16.7. The Kier molecular flexibility index (Phi) is 5.87. The molecule has 2 aromatic rings. The minimum atomic E-state index is -1.06. The number of carbonyl (C=O) groups is 3. The number of rotatable bonds is 6. The molecule has 1 fully saturated rings. The van der Waals surface area contributed by atoms with Gasteiger partial charge in [0, 0.05) is 24.8 Å². The molecular formula is C22H24N2O5. The van der Waals surface area contributed by atoms with Crippen LogP contribution >= 0.6 is 0 Å². The summed E-state index contributed by atoms with van der Waals surface area (Å²) in [6, 6.07) is 12.2. The molecule has 1 saturated heterocycles. The van der Waals surface area contributed by atoms with E-state index < -0.39 is 18.6 Å². The molecule has 152 valence electrons. The van der Waals surface area contributed by atoms with Crippen molar-refractivity contribution in [2.75, 3.05) is 25.1 Å². The van der Waals surface area contributed by atoms with E-state index in [-0.39, 0.29) is 11.8 Å². The van der Waals surface area contributed by atoms with Crippen LogP contribution in [0.25, 0.3) is 0 Å². The second-order valence-corrected chi connectivity index (χ2v) is 7.17. The van der Waals surface area contributed by atoms with Crippen molar-refractivity contribution in [1.29, 1.82) is 0 Å². The van der Waals surface area contributed by atoms with Crippen LogP contribution in [0.2, 0.25) is 0 Å². The van der Waals surface area contributed by atoms with Crippen LogP contribution in [0.15, 0.2) is 42.5 Å². The molecule has 3 rings (SSSR count). The van der Waals surface area contributed by atoms with Crippen molar-refractivity contribution in [3.05, 3.63) is 59.2 Å². The van der Waals surface area contributed by atoms with E-state index in [0.717, 1.165) is 5.69 Å². The van der Waals surface area contributed by atoms with E-state index in [1.807, 2.05) is 30.3 Å². The SMILES string of the molecule is Cc1cc(C(=O)N(C)C2CCN(c3ccccc3)C2=O)cc(C)c1OCC(=O)O. The summed E-state index contributed by atoms with van der Waals surface area (Å²) in [6.07, 6.45) is 0.563. The molecular weight excluding hydrogens is 372 g/mol. The van der Waals surface area contributed by atoms with Crippen molar-refractivity contribution in [3.8, 4) is 5.75 Å². The first kappa shape index (κ1) is 20.4. The Bertz CT molecular complexity index is 918. The highest BCUT2D eigenvalue weighted by Gasteiger charge is 2.37. The van der Waals surface area contributed by atoms with Crippen LogP contribution in [-0.2, 0) is 9.59 Å². The monoisotopic (exact) mass is 396 g/mol. The third-order valence-corrected chi connectivity index (χ3v) is 5.08. The fourth-order valence-electron chi connectivity index (χ4n) is 3.67. The van der Waals surface area contributed by atoms with Crippen molar-refractivity contribution in [2.45, 2.75) is 26.3 Å². The normalized spacial score (nSPS) is 16.0. The van der Waals surface area contributed by atoms with E-state index in [1.165, 1.54) is 4.90 Å². The average Bonchev–Trinajstić information content (AvgIpc) is 3.07. The van der Waals surface area contributed by atoms with Crippen LogP contribution in [0.1, 0.15) is 27.9 Å². The number of aryl methyl sites for hydroxylation is 2. The van der Waals surface area contributed by atoms with Gasteiger partial charge in [-0.3, -0.25) is 9.59 Å². The predicted molar refractivity (Wildman–Crippen MR) is 108 cm³/mol. The number of aliphatic carboxylic acids is 1. The number of ether oxygens (including phenoxy) is 1. The van der Waals surface area contributed by atoms with Gasteiger partial charge < -0.3 is 19.6 Å². The summed E-state index contributed by atoms with van der Waals surface area (Å²) in [7, 11) is 1.64. The van der Waals surface area contributed by atoms with Gasteiger partial charge in [0.05, 0.1) is 0 Å². The number of hydrogen-bond donors (Lipinski definition) is 1. The number of amides is 2. The molecule has 1 heterocycles. The molecule has 0 aromatic heterocycles. The molecule has 0 spiro atoms. The summed E-state index contributed by atoms with van der Waals surface area (Å²) in [5.41, 5.74) is 2.61. The molecule has 29 heavy (non-hydrogen) atoms. The smallest absolute Gasteiger partial charge is 0.341 e. The topological polar surface area (TPSA) is 87.2 Å². The fourth-order valence-corrected chi connectivity index (χ4v) is 3.67. The van der Waals surface area contributed by atoms with Crippen molar-refractivity contribution < 1.29 is 24.2 Å². The molecule has 2 amide bonds. The second-order valence-electron chi connectivity index (χ2n) is 7.17. The maximum Gasteiger partial charge on any atom is 0.341 e. The van der Waals surface area contributed by atoms with Crippen LogP contribution in [0.5, 0.6) is 5.75 Å². The maximum absolute atomic E-state index is 13.0. The summed E-state index contributed by atoms with van der Waals surface area (Å²) >= 11 is 0. The van der Waals surface area contributed by atoms with Gasteiger partial charge >= 0.3 is 5.97 Å². The summed E-state index contributed by atoms with van der Waals surface area (Å²) in [5.74, 6) is -0.957. The average molecular weight is 396 g/mol. The molecule has 0 aliphatic carbocycles. The predicted octanol–water partition coefficient (Wildman–Crippen LogP) is 2.64. The van der Waals surface area contributed by atoms with Gasteiger partial charge in [0.25, 0.3) is 5.91 Å². The first-order valence-corrected chi connectivity index (χ1v) is 9.39. The molecule has 7 heteroatoms. The third-order valence-electron chi connectivity index (χ3n) is 5.08. The van der Waals surface area contributed by atoms with Crippen LogP contribution in [-0.4, -0.2) is 54.0 Å². The van der Waals surface area contributed by atoms with Crippen molar-refractivity contribution in [3.63, 3.8) is 0 Å². The Labute approximate surface area is 169 Å². The highest BCUT2D eigenvalue weighted by atomic mass is 16.5. The quantitative estimate of drug-likeness (QED) is 0.811. The largest absolute Gasteiger partial charge is 0.481 e. The molecule has 1 atom stereocenters. The first-order chi connectivity index (χ1) is 13.8. The molecule has 1 unspecified atom stereocenters. The number of carbonyl (C=O) groups excluding carboxylic acids is 2. The van der Waals surface area contributed by atoms with E-state index in [2.05, 4.69) is 0 Å². The number of hydrogen-bond acceptors (Lipinski definition) is 4. The lowest BCUT2D eigenvalue weighted by atomic mass is 10.0. The van der Waals surface area contributed by atoms with E-state index in [1.54, 1.807) is 37.9 Å².